The number of aliphatic hydroxyl groups excluding tert-OH is 3. The third-order valence-corrected chi connectivity index (χ3v) is 2.00. The van der Waals surface area contributed by atoms with Gasteiger partial charge in [0.2, 0.25) is 0 Å². The number of hydrogen-bond donors (Lipinski definition) is 3. The Kier molecular flexibility index (Phi) is 3.82. The molecule has 3 N–H and O–H groups in total. The molecule has 0 aliphatic carbocycles. The van der Waals surface area contributed by atoms with Crippen molar-refractivity contribution >= 4 is 5.97 Å². The van der Waals surface area contributed by atoms with Crippen molar-refractivity contribution in [3.63, 3.8) is 0 Å². The molecule has 14 heavy (non-hydrogen) atoms. The molecule has 4 atom stereocenters. The first kappa shape index (κ1) is 11.4. The maximum Gasteiger partial charge on any atom is 0.302 e. The molecular weight excluding hydrogens is 192 g/mol. The van der Waals surface area contributed by atoms with Gasteiger partial charge in [-0.25, -0.2) is 0 Å². The summed E-state index contributed by atoms with van der Waals surface area (Å²) in [5.74, 6) is -0.504. The van der Waals surface area contributed by atoms with E-state index in [-0.39, 0.29) is 13.0 Å². The minimum absolute atomic E-state index is 0.0439. The van der Waals surface area contributed by atoms with E-state index in [2.05, 4.69) is 4.74 Å². The molecule has 0 aromatic rings. The van der Waals surface area contributed by atoms with E-state index in [4.69, 9.17) is 9.84 Å². The molecule has 0 aromatic carbocycles. The molecule has 6 nitrogen and oxygen atoms in total. The first-order valence-electron chi connectivity index (χ1n) is 4.33. The SMILES string of the molecule is CC(=O)OC[C@H]1O[C@@H](O)C[C@@H](O)[C@H]1O. The highest BCUT2D eigenvalue weighted by molar-refractivity contribution is 5.65. The third kappa shape index (κ3) is 2.91. The van der Waals surface area contributed by atoms with Gasteiger partial charge in [-0.3, -0.25) is 4.79 Å². The predicted octanol–water partition coefficient (Wildman–Crippen LogP) is -1.62. The lowest BCUT2D eigenvalue weighted by atomic mass is 10.0. The molecule has 1 saturated heterocycles. The van der Waals surface area contributed by atoms with Gasteiger partial charge in [-0.1, -0.05) is 0 Å². The van der Waals surface area contributed by atoms with Crippen LogP contribution in [0, 0.1) is 0 Å². The second kappa shape index (κ2) is 4.70. The van der Waals surface area contributed by atoms with E-state index < -0.39 is 30.6 Å². The second-order valence-electron chi connectivity index (χ2n) is 3.23. The van der Waals surface area contributed by atoms with Crippen LogP contribution in [0.15, 0.2) is 0 Å². The van der Waals surface area contributed by atoms with Gasteiger partial charge in [0.15, 0.2) is 6.29 Å². The van der Waals surface area contributed by atoms with E-state index in [0.717, 1.165) is 0 Å². The zero-order chi connectivity index (χ0) is 10.7. The van der Waals surface area contributed by atoms with Crippen molar-refractivity contribution < 1.29 is 29.6 Å². The van der Waals surface area contributed by atoms with E-state index >= 15 is 0 Å². The summed E-state index contributed by atoms with van der Waals surface area (Å²) < 4.78 is 9.49. The lowest BCUT2D eigenvalue weighted by molar-refractivity contribution is -0.241. The summed E-state index contributed by atoms with van der Waals surface area (Å²) in [6, 6.07) is 0. The Hall–Kier alpha value is -0.690. The van der Waals surface area contributed by atoms with E-state index in [0.29, 0.717) is 0 Å². The standard InChI is InChI=1S/C8H14O6/c1-4(9)13-3-6-8(12)5(10)2-7(11)14-6/h5-8,10-12H,2-3H2,1H3/t5-,6-,7-,8-/m1/s1. The van der Waals surface area contributed by atoms with Gasteiger partial charge in [-0.05, 0) is 0 Å². The maximum absolute atomic E-state index is 10.5. The van der Waals surface area contributed by atoms with Gasteiger partial charge in [0, 0.05) is 13.3 Å². The van der Waals surface area contributed by atoms with Crippen LogP contribution in [0.5, 0.6) is 0 Å². The Morgan fingerprint density at radius 3 is 2.71 bits per heavy atom. The molecule has 0 unspecified atom stereocenters. The Bertz CT molecular complexity index is 206. The molecule has 1 fully saturated rings. The van der Waals surface area contributed by atoms with Crippen LogP contribution in [0.4, 0.5) is 0 Å². The summed E-state index contributed by atoms with van der Waals surface area (Å²) >= 11 is 0. The minimum Gasteiger partial charge on any atom is -0.463 e. The molecule has 0 saturated carbocycles. The largest absolute Gasteiger partial charge is 0.463 e. The van der Waals surface area contributed by atoms with Gasteiger partial charge in [-0.15, -0.1) is 0 Å². The van der Waals surface area contributed by atoms with Crippen molar-refractivity contribution in [2.45, 2.75) is 37.9 Å². The third-order valence-electron chi connectivity index (χ3n) is 2.00. The Morgan fingerprint density at radius 2 is 2.14 bits per heavy atom. The van der Waals surface area contributed by atoms with Gasteiger partial charge < -0.3 is 24.8 Å². The van der Waals surface area contributed by atoms with E-state index in [1.54, 1.807) is 0 Å². The summed E-state index contributed by atoms with van der Waals surface area (Å²) in [5.41, 5.74) is 0. The number of carbonyl (C=O) groups is 1. The molecule has 1 aliphatic rings. The number of rotatable bonds is 2. The van der Waals surface area contributed by atoms with Gasteiger partial charge in [-0.2, -0.15) is 0 Å². The average molecular weight is 206 g/mol. The van der Waals surface area contributed by atoms with E-state index in [1.165, 1.54) is 6.92 Å². The van der Waals surface area contributed by atoms with Crippen molar-refractivity contribution in [1.82, 2.24) is 0 Å². The highest BCUT2D eigenvalue weighted by Crippen LogP contribution is 2.19. The highest BCUT2D eigenvalue weighted by Gasteiger charge is 2.36. The van der Waals surface area contributed by atoms with E-state index in [1.807, 2.05) is 0 Å². The Balaban J connectivity index is 2.45. The van der Waals surface area contributed by atoms with Crippen LogP contribution in [0.3, 0.4) is 0 Å². The molecule has 0 radical (unpaired) electrons. The van der Waals surface area contributed by atoms with Crippen LogP contribution >= 0.6 is 0 Å². The fraction of sp³-hybridized carbons (Fsp3) is 0.875. The monoisotopic (exact) mass is 206 g/mol. The Morgan fingerprint density at radius 1 is 1.50 bits per heavy atom. The number of esters is 1. The van der Waals surface area contributed by atoms with Crippen molar-refractivity contribution in [2.24, 2.45) is 0 Å². The smallest absolute Gasteiger partial charge is 0.302 e. The predicted molar refractivity (Wildman–Crippen MR) is 44.1 cm³/mol. The number of carbonyl (C=O) groups excluding carboxylic acids is 1. The van der Waals surface area contributed by atoms with Gasteiger partial charge >= 0.3 is 5.97 Å². The molecule has 0 bridgehead atoms. The topological polar surface area (TPSA) is 96.2 Å². The molecule has 0 spiro atoms. The Labute approximate surface area is 81.1 Å². The fourth-order valence-corrected chi connectivity index (χ4v) is 1.27. The molecular formula is C8H14O6. The maximum atomic E-state index is 10.5. The molecule has 1 aliphatic heterocycles. The first-order valence-corrected chi connectivity index (χ1v) is 4.33. The summed E-state index contributed by atoms with van der Waals surface area (Å²) in [6.07, 6.45) is -4.25. The number of aliphatic hydroxyl groups is 3. The summed E-state index contributed by atoms with van der Waals surface area (Å²) in [7, 11) is 0. The quantitative estimate of drug-likeness (QED) is 0.470. The van der Waals surface area contributed by atoms with Gasteiger partial charge in [0.1, 0.15) is 18.8 Å². The van der Waals surface area contributed by atoms with Crippen LogP contribution in [0.25, 0.3) is 0 Å². The molecule has 0 amide bonds. The van der Waals surface area contributed by atoms with Crippen LogP contribution in [-0.4, -0.2) is 52.5 Å². The molecule has 82 valence electrons. The molecule has 0 aromatic heterocycles. The minimum atomic E-state index is -1.14. The van der Waals surface area contributed by atoms with Crippen molar-refractivity contribution in [2.75, 3.05) is 6.61 Å². The van der Waals surface area contributed by atoms with Crippen molar-refractivity contribution in [3.05, 3.63) is 0 Å². The number of ether oxygens (including phenoxy) is 2. The molecule has 1 rings (SSSR count). The summed E-state index contributed by atoms with van der Waals surface area (Å²) in [6.45, 7) is 1.05. The van der Waals surface area contributed by atoms with Gasteiger partial charge in [0.05, 0.1) is 6.10 Å². The van der Waals surface area contributed by atoms with Gasteiger partial charge in [0.25, 0.3) is 0 Å². The average Bonchev–Trinajstić information content (AvgIpc) is 2.08. The second-order valence-corrected chi connectivity index (χ2v) is 3.23. The first-order chi connectivity index (χ1) is 6.50. The zero-order valence-corrected chi connectivity index (χ0v) is 7.79. The van der Waals surface area contributed by atoms with Crippen LogP contribution < -0.4 is 0 Å². The summed E-state index contributed by atoms with van der Waals surface area (Å²) in [5, 5.41) is 27.7. The highest BCUT2D eigenvalue weighted by atomic mass is 16.6. The normalized spacial score (nSPS) is 38.0. The fourth-order valence-electron chi connectivity index (χ4n) is 1.27. The number of hydrogen-bond acceptors (Lipinski definition) is 6. The van der Waals surface area contributed by atoms with Crippen molar-refractivity contribution in [3.8, 4) is 0 Å². The van der Waals surface area contributed by atoms with Crippen LogP contribution in [0.1, 0.15) is 13.3 Å². The summed E-state index contributed by atoms with van der Waals surface area (Å²) in [4.78, 5) is 10.5. The zero-order valence-electron chi connectivity index (χ0n) is 7.79. The lowest BCUT2D eigenvalue weighted by Crippen LogP contribution is -2.50. The van der Waals surface area contributed by atoms with Crippen LogP contribution in [-0.2, 0) is 14.3 Å². The molecule has 6 heteroatoms. The van der Waals surface area contributed by atoms with Crippen LogP contribution in [0.2, 0.25) is 0 Å². The molecule has 1 heterocycles. The van der Waals surface area contributed by atoms with Crippen molar-refractivity contribution in [1.29, 1.82) is 0 Å². The van der Waals surface area contributed by atoms with E-state index in [9.17, 15) is 15.0 Å². The lowest BCUT2D eigenvalue weighted by Gasteiger charge is -2.34.